The predicted molar refractivity (Wildman–Crippen MR) is 315 cm³/mol. The highest BCUT2D eigenvalue weighted by molar-refractivity contribution is 8.32. The van der Waals surface area contributed by atoms with Crippen LogP contribution in [0.15, 0.2) is 192 Å². The number of anilines is 6. The molecule has 70 heavy (non-hydrogen) atoms. The lowest BCUT2D eigenvalue weighted by molar-refractivity contribution is 0.875. The van der Waals surface area contributed by atoms with Crippen LogP contribution in [0, 0.1) is 13.8 Å². The number of hydrogen-bond donors (Lipinski definition) is 0. The summed E-state index contributed by atoms with van der Waals surface area (Å²) < 4.78 is 0. The normalized spacial score (nSPS) is 12.7. The summed E-state index contributed by atoms with van der Waals surface area (Å²) in [5, 5.41) is 7.83. The number of rotatable bonds is 12. The molecule has 4 heteroatoms. The van der Waals surface area contributed by atoms with E-state index in [0.717, 1.165) is 11.4 Å². The number of aryl methyl sites for hydroxylation is 2. The summed E-state index contributed by atoms with van der Waals surface area (Å²) >= 11 is 0. The molecule has 0 aliphatic heterocycles. The molecule has 0 saturated carbocycles. The summed E-state index contributed by atoms with van der Waals surface area (Å²) in [5.41, 5.74) is 17.1. The Labute approximate surface area is 421 Å². The minimum absolute atomic E-state index is 0.279. The van der Waals surface area contributed by atoms with Crippen molar-refractivity contribution in [2.75, 3.05) is 47.3 Å². The van der Waals surface area contributed by atoms with E-state index in [0.29, 0.717) is 0 Å². The lowest BCUT2D eigenvalue weighted by Gasteiger charge is -2.33. The Morgan fingerprint density at radius 2 is 0.671 bits per heavy atom. The Hall–Kier alpha value is -6.46. The lowest BCUT2D eigenvalue weighted by atomic mass is 9.84. The molecule has 0 aromatic heterocycles. The van der Waals surface area contributed by atoms with Gasteiger partial charge in [0.2, 0.25) is 0 Å². The van der Waals surface area contributed by atoms with E-state index in [9.17, 15) is 0 Å². The van der Waals surface area contributed by atoms with Crippen molar-refractivity contribution < 1.29 is 0 Å². The van der Waals surface area contributed by atoms with Crippen molar-refractivity contribution in [1.82, 2.24) is 0 Å². The number of hydrogen-bond acceptors (Lipinski definition) is 2. The van der Waals surface area contributed by atoms with Gasteiger partial charge in [0.25, 0.3) is 0 Å². The van der Waals surface area contributed by atoms with Gasteiger partial charge in [0, 0.05) is 33.5 Å². The molecule has 0 fully saturated rings. The molecule has 0 radical (unpaired) electrons. The maximum atomic E-state index is 2.56. The molecule has 0 bridgehead atoms. The maximum Gasteiger partial charge on any atom is 0.0543 e. The van der Waals surface area contributed by atoms with Gasteiger partial charge in [-0.15, -0.1) is 0 Å². The smallest absolute Gasteiger partial charge is 0.0543 e. The second kappa shape index (κ2) is 18.4. The summed E-state index contributed by atoms with van der Waals surface area (Å²) in [6.07, 6.45) is 14.3. The third-order valence-electron chi connectivity index (χ3n) is 14.4. The summed E-state index contributed by atoms with van der Waals surface area (Å²) in [6, 6.07) is 69.3. The zero-order valence-corrected chi connectivity index (χ0v) is 44.8. The molecule has 10 aromatic carbocycles. The molecule has 10 aromatic rings. The first-order valence-electron chi connectivity index (χ1n) is 24.8. The Morgan fingerprint density at radius 1 is 0.329 bits per heavy atom. The van der Waals surface area contributed by atoms with Crippen LogP contribution in [-0.4, -0.2) is 37.5 Å². The van der Waals surface area contributed by atoms with Gasteiger partial charge in [0.1, 0.15) is 0 Å². The maximum absolute atomic E-state index is 2.56. The van der Waals surface area contributed by atoms with Crippen LogP contribution >= 0.6 is 20.1 Å². The quantitative estimate of drug-likeness (QED) is 0.113. The highest BCUT2D eigenvalue weighted by Crippen LogP contribution is 2.54. The first kappa shape index (κ1) is 47.2. The Kier molecular flexibility index (Phi) is 12.4. The van der Waals surface area contributed by atoms with E-state index in [-0.39, 0.29) is 11.8 Å². The van der Waals surface area contributed by atoms with Crippen molar-refractivity contribution in [2.45, 2.75) is 63.2 Å². The minimum atomic E-state index is -0.925. The van der Waals surface area contributed by atoms with E-state index in [2.05, 4.69) is 271 Å². The summed E-state index contributed by atoms with van der Waals surface area (Å²) in [6.45, 7) is 14.0. The van der Waals surface area contributed by atoms with E-state index < -0.39 is 20.1 Å². The SMILES string of the molecule is Cc1ccc(-c2ccccc2)cc1N(c1ccc(S(C)(C)C)cc1)c1cc(C(C)C)c2ccc3c(N(c4ccc(S(C)(C)C)cc4)c4cc(-c5ccccc5)ccc4C)cc(C(C)C)c4ccc1c2c43. The van der Waals surface area contributed by atoms with Gasteiger partial charge >= 0.3 is 0 Å². The average Bonchev–Trinajstić information content (AvgIpc) is 3.35. The van der Waals surface area contributed by atoms with E-state index in [1.54, 1.807) is 0 Å². The largest absolute Gasteiger partial charge is 0.310 e. The van der Waals surface area contributed by atoms with Gasteiger partial charge < -0.3 is 9.80 Å². The van der Waals surface area contributed by atoms with Crippen LogP contribution < -0.4 is 9.80 Å². The van der Waals surface area contributed by atoms with Crippen LogP contribution in [0.4, 0.5) is 34.1 Å². The monoisotopic (exact) mass is 952 g/mol. The van der Waals surface area contributed by atoms with Crippen molar-refractivity contribution in [3.63, 3.8) is 0 Å². The van der Waals surface area contributed by atoms with Crippen molar-refractivity contribution >= 4 is 86.5 Å². The molecule has 0 spiro atoms. The molecule has 0 unspecified atom stereocenters. The minimum Gasteiger partial charge on any atom is -0.310 e. The molecule has 10 rings (SSSR count). The van der Waals surface area contributed by atoms with Crippen LogP contribution in [0.2, 0.25) is 0 Å². The molecule has 0 N–H and O–H groups in total. The molecular formula is C66H68N2S2. The highest BCUT2D eigenvalue weighted by Gasteiger charge is 2.28. The van der Waals surface area contributed by atoms with Gasteiger partial charge in [-0.1, -0.05) is 137 Å². The predicted octanol–water partition coefficient (Wildman–Crippen LogP) is 19.8. The lowest BCUT2D eigenvalue weighted by Crippen LogP contribution is -2.14. The molecule has 0 atom stereocenters. The first-order valence-corrected chi connectivity index (χ1v) is 30.5. The summed E-state index contributed by atoms with van der Waals surface area (Å²) in [4.78, 5) is 7.94. The van der Waals surface area contributed by atoms with Gasteiger partial charge in [-0.05, 0) is 212 Å². The fourth-order valence-corrected chi connectivity index (χ4v) is 12.4. The third-order valence-corrected chi connectivity index (χ3v) is 17.7. The third kappa shape index (κ3) is 8.64. The van der Waals surface area contributed by atoms with Crippen LogP contribution in [0.5, 0.6) is 0 Å². The number of nitrogens with zero attached hydrogens (tertiary/aromatic N) is 2. The van der Waals surface area contributed by atoms with Gasteiger partial charge in [-0.2, -0.15) is 0 Å². The van der Waals surface area contributed by atoms with Crippen molar-refractivity contribution in [3.05, 3.63) is 204 Å². The Bertz CT molecular complexity index is 3270. The number of benzene rings is 10. The summed E-state index contributed by atoms with van der Waals surface area (Å²) in [7, 11) is -1.85. The van der Waals surface area contributed by atoms with Crippen LogP contribution in [0.25, 0.3) is 54.6 Å². The van der Waals surface area contributed by atoms with Crippen LogP contribution in [-0.2, 0) is 0 Å². The standard InChI is InChI=1S/C66H68N2S2/c1-43(2)59-41-63(67(51-27-31-53(32-28-51)69(7,8)9)61-39-49(25-23-45(61)5)47-19-15-13-16-20-47)57-38-36-56-60(44(3)4)42-64(58-37-35-55(59)65(57)66(56)58)68(52-29-33-54(34-30-52)70(10,11)12)62-40-50(26-24-46(62)6)48-21-17-14-18-22-48/h13-44H,1-12H3. The highest BCUT2D eigenvalue weighted by atomic mass is 32.3. The van der Waals surface area contributed by atoms with Gasteiger partial charge in [-0.3, -0.25) is 0 Å². The molecule has 0 saturated heterocycles. The molecule has 354 valence electrons. The second-order valence-electron chi connectivity index (χ2n) is 21.4. The fraction of sp³-hybridized carbons (Fsp3) is 0.212. The summed E-state index contributed by atoms with van der Waals surface area (Å²) in [5.74, 6) is 0.558. The molecule has 0 amide bonds. The van der Waals surface area contributed by atoms with Crippen LogP contribution in [0.1, 0.15) is 61.8 Å². The molecule has 0 aliphatic carbocycles. The van der Waals surface area contributed by atoms with Crippen molar-refractivity contribution in [1.29, 1.82) is 0 Å². The van der Waals surface area contributed by atoms with Gasteiger partial charge in [0.15, 0.2) is 0 Å². The van der Waals surface area contributed by atoms with Crippen LogP contribution in [0.3, 0.4) is 0 Å². The van der Waals surface area contributed by atoms with E-state index in [1.165, 1.54) is 109 Å². The fourth-order valence-electron chi connectivity index (χ4n) is 10.5. The van der Waals surface area contributed by atoms with Gasteiger partial charge in [-0.25, -0.2) is 20.1 Å². The van der Waals surface area contributed by atoms with E-state index in [4.69, 9.17) is 0 Å². The molecule has 2 nitrogen and oxygen atoms in total. The molecular weight excluding hydrogens is 885 g/mol. The molecule has 0 heterocycles. The Morgan fingerprint density at radius 3 is 1.00 bits per heavy atom. The van der Waals surface area contributed by atoms with E-state index in [1.807, 2.05) is 0 Å². The average molecular weight is 953 g/mol. The topological polar surface area (TPSA) is 6.48 Å². The van der Waals surface area contributed by atoms with Crippen molar-refractivity contribution in [3.8, 4) is 22.3 Å². The van der Waals surface area contributed by atoms with E-state index >= 15 is 0 Å². The first-order chi connectivity index (χ1) is 33.5. The van der Waals surface area contributed by atoms with Gasteiger partial charge in [0.05, 0.1) is 11.4 Å². The zero-order chi connectivity index (χ0) is 49.2. The Balaban J connectivity index is 1.31. The zero-order valence-electron chi connectivity index (χ0n) is 43.2. The second-order valence-corrected chi connectivity index (χ2v) is 29.7. The molecule has 0 aliphatic rings. The van der Waals surface area contributed by atoms with Crippen molar-refractivity contribution in [2.24, 2.45) is 0 Å².